The summed E-state index contributed by atoms with van der Waals surface area (Å²) in [5, 5.41) is 10.3. The monoisotopic (exact) mass is 421 g/mol. The molecule has 0 saturated heterocycles. The number of anilines is 1. The topological polar surface area (TPSA) is 88.5 Å². The number of carbonyl (C=O) groups excluding carboxylic acids is 2. The molecule has 0 spiro atoms. The molecule has 0 aliphatic carbocycles. The number of hydrogen-bond acceptors (Lipinski definition) is 4. The van der Waals surface area contributed by atoms with Crippen molar-refractivity contribution < 1.29 is 14.3 Å². The predicted octanol–water partition coefficient (Wildman–Crippen LogP) is 3.54. The normalized spacial score (nSPS) is 10.4. The van der Waals surface area contributed by atoms with Crippen molar-refractivity contribution in [3.63, 3.8) is 0 Å². The summed E-state index contributed by atoms with van der Waals surface area (Å²) in [5.74, 6) is 0.939. The number of methoxy groups -OCH3 is 1. The maximum absolute atomic E-state index is 12.7. The van der Waals surface area contributed by atoms with Crippen molar-refractivity contribution in [2.75, 3.05) is 32.1 Å². The first-order valence-electron chi connectivity index (χ1n) is 10.2. The Bertz CT molecular complexity index is 1020. The summed E-state index contributed by atoms with van der Waals surface area (Å²) in [6.45, 7) is 4.53. The van der Waals surface area contributed by atoms with Gasteiger partial charge in [0.05, 0.1) is 18.5 Å². The second-order valence-corrected chi connectivity index (χ2v) is 6.79. The minimum atomic E-state index is -0.303. The van der Waals surface area contributed by atoms with E-state index in [9.17, 15) is 9.59 Å². The van der Waals surface area contributed by atoms with Crippen LogP contribution in [0.1, 0.15) is 13.8 Å². The highest BCUT2D eigenvalue weighted by molar-refractivity contribution is 5.94. The van der Waals surface area contributed by atoms with Gasteiger partial charge < -0.3 is 20.3 Å². The molecule has 0 radical (unpaired) electrons. The minimum Gasteiger partial charge on any atom is -0.497 e. The van der Waals surface area contributed by atoms with Gasteiger partial charge in [-0.2, -0.15) is 5.10 Å². The van der Waals surface area contributed by atoms with Crippen molar-refractivity contribution in [1.29, 1.82) is 0 Å². The van der Waals surface area contributed by atoms with Crippen LogP contribution in [-0.2, 0) is 4.79 Å². The molecule has 8 heteroatoms. The smallest absolute Gasteiger partial charge is 0.317 e. The molecule has 2 aromatic carbocycles. The highest BCUT2D eigenvalue weighted by Gasteiger charge is 2.18. The zero-order valence-electron chi connectivity index (χ0n) is 18.0. The van der Waals surface area contributed by atoms with E-state index in [0.717, 1.165) is 22.7 Å². The van der Waals surface area contributed by atoms with Crippen molar-refractivity contribution in [3.05, 3.63) is 60.7 Å². The first-order chi connectivity index (χ1) is 15.0. The molecule has 8 nitrogen and oxygen atoms in total. The lowest BCUT2D eigenvalue weighted by atomic mass is 10.1. The van der Waals surface area contributed by atoms with E-state index >= 15 is 0 Å². The summed E-state index contributed by atoms with van der Waals surface area (Å²) in [6.07, 6.45) is 0. The van der Waals surface area contributed by atoms with Gasteiger partial charge in [0.25, 0.3) is 0 Å². The van der Waals surface area contributed by atoms with Crippen LogP contribution in [0.15, 0.2) is 60.7 Å². The number of rotatable bonds is 8. The molecule has 3 rings (SSSR count). The maximum atomic E-state index is 12.7. The summed E-state index contributed by atoms with van der Waals surface area (Å²) in [5.41, 5.74) is 2.43. The van der Waals surface area contributed by atoms with Crippen molar-refractivity contribution in [2.24, 2.45) is 0 Å². The summed E-state index contributed by atoms with van der Waals surface area (Å²) in [6, 6.07) is 18.7. The second kappa shape index (κ2) is 10.3. The van der Waals surface area contributed by atoms with Crippen LogP contribution in [-0.4, -0.2) is 53.4 Å². The quantitative estimate of drug-likeness (QED) is 0.582. The highest BCUT2D eigenvalue weighted by atomic mass is 16.5. The van der Waals surface area contributed by atoms with Crippen LogP contribution in [0.3, 0.4) is 0 Å². The zero-order valence-corrected chi connectivity index (χ0v) is 18.0. The number of benzene rings is 2. The van der Waals surface area contributed by atoms with Gasteiger partial charge >= 0.3 is 6.03 Å². The van der Waals surface area contributed by atoms with Crippen LogP contribution >= 0.6 is 0 Å². The standard InChI is InChI=1S/C23H27N5O3/c1-4-24-23(30)27(5-2)16-22(29)25-21-15-20(17-9-7-6-8-10-17)26-28(21)18-11-13-19(31-3)14-12-18/h6-15H,4-5,16H2,1-3H3,(H,24,30)(H,25,29). The molecular formula is C23H27N5O3. The van der Waals surface area contributed by atoms with E-state index in [1.807, 2.05) is 74.5 Å². The molecule has 0 fully saturated rings. The molecule has 162 valence electrons. The molecule has 2 N–H and O–H groups in total. The van der Waals surface area contributed by atoms with Crippen molar-refractivity contribution in [1.82, 2.24) is 20.0 Å². The molecule has 0 unspecified atom stereocenters. The van der Waals surface area contributed by atoms with E-state index in [4.69, 9.17) is 9.84 Å². The third-order valence-electron chi connectivity index (χ3n) is 4.69. The molecular weight excluding hydrogens is 394 g/mol. The van der Waals surface area contributed by atoms with Crippen molar-refractivity contribution in [2.45, 2.75) is 13.8 Å². The Morgan fingerprint density at radius 1 is 1.06 bits per heavy atom. The number of amides is 3. The van der Waals surface area contributed by atoms with Gasteiger partial charge in [-0.25, -0.2) is 9.48 Å². The number of urea groups is 1. The van der Waals surface area contributed by atoms with Gasteiger partial charge in [0.15, 0.2) is 0 Å². The Kier molecular flexibility index (Phi) is 7.26. The Morgan fingerprint density at radius 3 is 2.39 bits per heavy atom. The van der Waals surface area contributed by atoms with Gasteiger partial charge in [-0.1, -0.05) is 30.3 Å². The first-order valence-corrected chi connectivity index (χ1v) is 10.2. The molecule has 3 aromatic rings. The molecule has 3 amide bonds. The van der Waals surface area contributed by atoms with Crippen LogP contribution in [0, 0.1) is 0 Å². The zero-order chi connectivity index (χ0) is 22.2. The van der Waals surface area contributed by atoms with Gasteiger partial charge in [-0.15, -0.1) is 0 Å². The van der Waals surface area contributed by atoms with Crippen LogP contribution in [0.2, 0.25) is 0 Å². The molecule has 0 saturated carbocycles. The fourth-order valence-corrected chi connectivity index (χ4v) is 3.09. The molecule has 0 atom stereocenters. The number of ether oxygens (including phenoxy) is 1. The van der Waals surface area contributed by atoms with Crippen LogP contribution < -0.4 is 15.4 Å². The third kappa shape index (κ3) is 5.42. The number of likely N-dealkylation sites (N-methyl/N-ethyl adjacent to an activating group) is 1. The lowest BCUT2D eigenvalue weighted by Crippen LogP contribution is -2.43. The van der Waals surface area contributed by atoms with Crippen LogP contribution in [0.4, 0.5) is 10.6 Å². The number of hydrogen-bond donors (Lipinski definition) is 2. The molecule has 1 heterocycles. The van der Waals surface area contributed by atoms with Crippen molar-refractivity contribution in [3.8, 4) is 22.7 Å². The van der Waals surface area contributed by atoms with Gasteiger partial charge in [0, 0.05) is 24.7 Å². The van der Waals surface area contributed by atoms with E-state index in [1.165, 1.54) is 4.90 Å². The van der Waals surface area contributed by atoms with Gasteiger partial charge in [-0.3, -0.25) is 4.79 Å². The predicted molar refractivity (Wildman–Crippen MR) is 121 cm³/mol. The van der Waals surface area contributed by atoms with Crippen LogP contribution in [0.25, 0.3) is 16.9 Å². The van der Waals surface area contributed by atoms with Gasteiger partial charge in [0.2, 0.25) is 5.91 Å². The lowest BCUT2D eigenvalue weighted by Gasteiger charge is -2.20. The van der Waals surface area contributed by atoms with Crippen molar-refractivity contribution >= 4 is 17.8 Å². The number of nitrogens with one attached hydrogen (secondary N) is 2. The Hall–Kier alpha value is -3.81. The van der Waals surface area contributed by atoms with E-state index < -0.39 is 0 Å². The summed E-state index contributed by atoms with van der Waals surface area (Å²) in [7, 11) is 1.61. The average Bonchev–Trinajstić information content (AvgIpc) is 3.21. The van der Waals surface area contributed by atoms with Crippen LogP contribution in [0.5, 0.6) is 5.75 Å². The fraction of sp³-hybridized carbons (Fsp3) is 0.261. The second-order valence-electron chi connectivity index (χ2n) is 6.79. The number of aromatic nitrogens is 2. The van der Waals surface area contributed by atoms with E-state index in [1.54, 1.807) is 11.8 Å². The summed E-state index contributed by atoms with van der Waals surface area (Å²) < 4.78 is 6.90. The largest absolute Gasteiger partial charge is 0.497 e. The Labute approximate surface area is 181 Å². The molecule has 0 aliphatic rings. The van der Waals surface area contributed by atoms with Gasteiger partial charge in [0.1, 0.15) is 18.1 Å². The van der Waals surface area contributed by atoms with E-state index in [-0.39, 0.29) is 18.5 Å². The van der Waals surface area contributed by atoms with Gasteiger partial charge in [-0.05, 0) is 38.1 Å². The minimum absolute atomic E-state index is 0.0587. The Morgan fingerprint density at radius 2 is 1.77 bits per heavy atom. The number of nitrogens with zero attached hydrogens (tertiary/aromatic N) is 3. The fourth-order valence-electron chi connectivity index (χ4n) is 3.09. The maximum Gasteiger partial charge on any atom is 0.317 e. The lowest BCUT2D eigenvalue weighted by molar-refractivity contribution is -0.116. The first kappa shape index (κ1) is 21.9. The Balaban J connectivity index is 1.89. The number of carbonyl (C=O) groups is 2. The highest BCUT2D eigenvalue weighted by Crippen LogP contribution is 2.25. The molecule has 31 heavy (non-hydrogen) atoms. The SMILES string of the molecule is CCNC(=O)N(CC)CC(=O)Nc1cc(-c2ccccc2)nn1-c1ccc(OC)cc1. The average molecular weight is 422 g/mol. The molecule has 0 aliphatic heterocycles. The molecule has 1 aromatic heterocycles. The third-order valence-corrected chi connectivity index (χ3v) is 4.69. The van der Waals surface area contributed by atoms with E-state index in [0.29, 0.717) is 18.9 Å². The van der Waals surface area contributed by atoms with E-state index in [2.05, 4.69) is 10.6 Å². The summed E-state index contributed by atoms with van der Waals surface area (Å²) >= 11 is 0. The molecule has 0 bridgehead atoms. The summed E-state index contributed by atoms with van der Waals surface area (Å²) in [4.78, 5) is 26.3.